The van der Waals surface area contributed by atoms with Crippen LogP contribution in [-0.4, -0.2) is 67.3 Å². The van der Waals surface area contributed by atoms with E-state index in [4.69, 9.17) is 9.73 Å². The molecule has 0 aromatic heterocycles. The van der Waals surface area contributed by atoms with Gasteiger partial charge in [0, 0.05) is 35.8 Å². The molecule has 0 aliphatic carbocycles. The van der Waals surface area contributed by atoms with Crippen molar-refractivity contribution in [2.24, 2.45) is 10.9 Å². The molecule has 9 nitrogen and oxygen atoms in total. The van der Waals surface area contributed by atoms with Crippen molar-refractivity contribution in [3.63, 3.8) is 0 Å². The van der Waals surface area contributed by atoms with E-state index in [9.17, 15) is 18.3 Å². The van der Waals surface area contributed by atoms with Crippen molar-refractivity contribution < 1.29 is 23.1 Å². The van der Waals surface area contributed by atoms with Crippen molar-refractivity contribution in [1.82, 2.24) is 10.0 Å². The standard InChI is InChI=1S/C27H46N4O5S2/c1-17(2)36-26(33)29-23-13-11-22(12-14-23)25(37-10)30-24(20(5)21(6)28-16-18(3)32)15-19(4)38(34,35)31-27(7,8)9/h11-14,17-18,20-21,24,28,31-32H,4,15-16H2,1-3,5-10H3,(H,29,33)/b30-25-/t18?,20-,21?,24-/m1/s1. The third-order valence-corrected chi connectivity index (χ3v) is 8.12. The van der Waals surface area contributed by atoms with E-state index < -0.39 is 33.8 Å². The number of amides is 1. The van der Waals surface area contributed by atoms with Gasteiger partial charge in [-0.2, -0.15) is 0 Å². The van der Waals surface area contributed by atoms with Crippen molar-refractivity contribution in [2.45, 2.75) is 91.6 Å². The molecule has 0 heterocycles. The zero-order chi connectivity index (χ0) is 29.3. The number of anilines is 1. The largest absolute Gasteiger partial charge is 0.447 e. The third-order valence-electron chi connectivity index (χ3n) is 5.59. The number of aliphatic imine (C=N–C) groups is 1. The molecule has 4 atom stereocenters. The summed E-state index contributed by atoms with van der Waals surface area (Å²) in [6, 6.07) is 6.78. The van der Waals surface area contributed by atoms with Gasteiger partial charge in [0.1, 0.15) is 0 Å². The molecule has 0 saturated carbocycles. The number of aliphatic hydroxyl groups excluding tert-OH is 1. The van der Waals surface area contributed by atoms with E-state index in [-0.39, 0.29) is 29.4 Å². The Morgan fingerprint density at radius 2 is 1.71 bits per heavy atom. The van der Waals surface area contributed by atoms with E-state index in [1.165, 1.54) is 11.8 Å². The summed E-state index contributed by atoms with van der Waals surface area (Å²) >= 11 is 1.45. The quantitative estimate of drug-likeness (QED) is 0.199. The summed E-state index contributed by atoms with van der Waals surface area (Å²) in [5, 5.41) is 16.4. The Morgan fingerprint density at radius 1 is 1.13 bits per heavy atom. The summed E-state index contributed by atoms with van der Waals surface area (Å²) in [5.74, 6) is -0.0794. The van der Waals surface area contributed by atoms with Crippen LogP contribution in [-0.2, 0) is 14.8 Å². The van der Waals surface area contributed by atoms with E-state index in [2.05, 4.69) is 21.9 Å². The van der Waals surface area contributed by atoms with Gasteiger partial charge in [-0.15, -0.1) is 11.8 Å². The molecule has 216 valence electrons. The Bertz CT molecular complexity index is 1050. The molecule has 0 bridgehead atoms. The number of benzene rings is 1. The van der Waals surface area contributed by atoms with Gasteiger partial charge in [-0.3, -0.25) is 10.3 Å². The molecule has 1 rings (SSSR count). The van der Waals surface area contributed by atoms with Crippen molar-refractivity contribution >= 4 is 38.6 Å². The molecular formula is C27H46N4O5S2. The van der Waals surface area contributed by atoms with Crippen LogP contribution in [0.1, 0.15) is 67.4 Å². The minimum atomic E-state index is -3.76. The number of nitrogens with one attached hydrogen (secondary N) is 3. The van der Waals surface area contributed by atoms with Gasteiger partial charge < -0.3 is 15.2 Å². The van der Waals surface area contributed by atoms with Gasteiger partial charge in [-0.1, -0.05) is 25.6 Å². The van der Waals surface area contributed by atoms with Gasteiger partial charge in [0.15, 0.2) is 0 Å². The Kier molecular flexibility index (Phi) is 13.5. The highest BCUT2D eigenvalue weighted by Crippen LogP contribution is 2.26. The number of rotatable bonds is 13. The SMILES string of the molecule is C=C(C[C@@H](/N=C(\SC)c1ccc(NC(=O)OC(C)C)cc1)[C@H](C)C(C)NCC(C)O)S(=O)(=O)NC(C)(C)C. The highest BCUT2D eigenvalue weighted by Gasteiger charge is 2.29. The van der Waals surface area contributed by atoms with Crippen LogP contribution in [0.25, 0.3) is 0 Å². The number of ether oxygens (including phenoxy) is 1. The maximum atomic E-state index is 12.9. The fourth-order valence-electron chi connectivity index (χ4n) is 3.50. The van der Waals surface area contributed by atoms with Crippen LogP contribution < -0.4 is 15.4 Å². The molecule has 1 aromatic carbocycles. The second kappa shape index (κ2) is 15.0. The molecule has 4 N–H and O–H groups in total. The molecule has 11 heteroatoms. The van der Waals surface area contributed by atoms with Gasteiger partial charge in [-0.25, -0.2) is 17.9 Å². The lowest BCUT2D eigenvalue weighted by atomic mass is 9.92. The van der Waals surface area contributed by atoms with E-state index in [0.29, 0.717) is 12.2 Å². The fourth-order valence-corrected chi connectivity index (χ4v) is 5.45. The number of hydrogen-bond acceptors (Lipinski definition) is 8. The van der Waals surface area contributed by atoms with Crippen molar-refractivity contribution in [2.75, 3.05) is 18.1 Å². The second-order valence-electron chi connectivity index (χ2n) is 10.9. The Labute approximate surface area is 233 Å². The van der Waals surface area contributed by atoms with Gasteiger partial charge in [0.2, 0.25) is 10.0 Å². The molecule has 2 unspecified atom stereocenters. The van der Waals surface area contributed by atoms with E-state index >= 15 is 0 Å². The van der Waals surface area contributed by atoms with Crippen LogP contribution in [0.4, 0.5) is 10.5 Å². The van der Waals surface area contributed by atoms with Crippen molar-refractivity contribution in [3.8, 4) is 0 Å². The minimum absolute atomic E-state index is 0.0499. The van der Waals surface area contributed by atoms with Crippen LogP contribution in [0.5, 0.6) is 0 Å². The number of sulfonamides is 1. The second-order valence-corrected chi connectivity index (χ2v) is 13.4. The molecule has 0 radical (unpaired) electrons. The minimum Gasteiger partial charge on any atom is -0.447 e. The summed E-state index contributed by atoms with van der Waals surface area (Å²) in [6.07, 6.45) is 0.789. The highest BCUT2D eigenvalue weighted by molar-refractivity contribution is 8.13. The van der Waals surface area contributed by atoms with Crippen LogP contribution in [0.2, 0.25) is 0 Å². The Hall–Kier alpha value is -1.92. The lowest BCUT2D eigenvalue weighted by Gasteiger charge is -2.29. The van der Waals surface area contributed by atoms with E-state index in [0.717, 1.165) is 10.6 Å². The average Bonchev–Trinajstić information content (AvgIpc) is 2.78. The smallest absolute Gasteiger partial charge is 0.411 e. The molecule has 0 fully saturated rings. The normalized spacial score (nSPS) is 16.0. The van der Waals surface area contributed by atoms with E-state index in [1.807, 2.05) is 32.2 Å². The topological polar surface area (TPSA) is 129 Å². The first-order valence-electron chi connectivity index (χ1n) is 12.8. The molecule has 0 spiro atoms. The third kappa shape index (κ3) is 12.3. The summed E-state index contributed by atoms with van der Waals surface area (Å²) in [6.45, 7) is 18.9. The first-order valence-corrected chi connectivity index (χ1v) is 15.5. The van der Waals surface area contributed by atoms with Crippen LogP contribution in [0.15, 0.2) is 40.7 Å². The Balaban J connectivity index is 3.28. The van der Waals surface area contributed by atoms with Gasteiger partial charge in [0.05, 0.1) is 28.2 Å². The maximum Gasteiger partial charge on any atom is 0.411 e. The molecule has 0 aliphatic heterocycles. The van der Waals surface area contributed by atoms with E-state index in [1.54, 1.807) is 53.7 Å². The predicted molar refractivity (Wildman–Crippen MR) is 159 cm³/mol. The number of aliphatic hydroxyl groups is 1. The number of hydrogen-bond donors (Lipinski definition) is 4. The monoisotopic (exact) mass is 570 g/mol. The lowest BCUT2D eigenvalue weighted by molar-refractivity contribution is 0.130. The van der Waals surface area contributed by atoms with Crippen LogP contribution in [0.3, 0.4) is 0 Å². The zero-order valence-corrected chi connectivity index (χ0v) is 25.8. The highest BCUT2D eigenvalue weighted by atomic mass is 32.2. The number of carbonyl (C=O) groups excluding carboxylic acids is 1. The predicted octanol–water partition coefficient (Wildman–Crippen LogP) is 4.74. The molecular weight excluding hydrogens is 524 g/mol. The van der Waals surface area contributed by atoms with Gasteiger partial charge in [0.25, 0.3) is 0 Å². The molecule has 1 aromatic rings. The molecule has 1 amide bonds. The number of thioether (sulfide) groups is 1. The molecule has 0 saturated heterocycles. The number of carbonyl (C=O) groups is 1. The lowest BCUT2D eigenvalue weighted by Crippen LogP contribution is -2.43. The van der Waals surface area contributed by atoms with Gasteiger partial charge in [-0.05, 0) is 72.8 Å². The summed E-state index contributed by atoms with van der Waals surface area (Å²) < 4.78 is 33.7. The summed E-state index contributed by atoms with van der Waals surface area (Å²) in [5.41, 5.74) is 0.789. The fraction of sp³-hybridized carbons (Fsp3) is 0.630. The van der Waals surface area contributed by atoms with Crippen LogP contribution in [0, 0.1) is 5.92 Å². The van der Waals surface area contributed by atoms with Crippen molar-refractivity contribution in [3.05, 3.63) is 41.3 Å². The first kappa shape index (κ1) is 34.1. The van der Waals surface area contributed by atoms with Crippen LogP contribution >= 0.6 is 11.8 Å². The van der Waals surface area contributed by atoms with Crippen molar-refractivity contribution in [1.29, 1.82) is 0 Å². The van der Waals surface area contributed by atoms with Gasteiger partial charge >= 0.3 is 6.09 Å². The maximum absolute atomic E-state index is 12.9. The summed E-state index contributed by atoms with van der Waals surface area (Å²) in [7, 11) is -3.76. The molecule has 38 heavy (non-hydrogen) atoms. The number of nitrogens with zero attached hydrogens (tertiary/aromatic N) is 1. The molecule has 0 aliphatic rings. The zero-order valence-electron chi connectivity index (χ0n) is 24.2. The summed E-state index contributed by atoms with van der Waals surface area (Å²) in [4.78, 5) is 17.0. The Morgan fingerprint density at radius 3 is 2.18 bits per heavy atom. The first-order chi connectivity index (χ1) is 17.4. The average molecular weight is 571 g/mol.